The molecule has 0 saturated carbocycles. The van der Waals surface area contributed by atoms with Crippen LogP contribution in [0, 0.1) is 0 Å². The van der Waals surface area contributed by atoms with Gasteiger partial charge >= 0.3 is 6.09 Å². The molecule has 1 aromatic carbocycles. The van der Waals surface area contributed by atoms with Crippen molar-refractivity contribution >= 4 is 11.8 Å². The van der Waals surface area contributed by atoms with E-state index >= 15 is 0 Å². The van der Waals surface area contributed by atoms with E-state index in [-0.39, 0.29) is 0 Å². The van der Waals surface area contributed by atoms with Gasteiger partial charge in [0.05, 0.1) is 26.5 Å². The lowest BCUT2D eigenvalue weighted by molar-refractivity contribution is 0.161. The topological polar surface area (TPSA) is 56.8 Å². The molecule has 0 fully saturated rings. The third-order valence-corrected chi connectivity index (χ3v) is 2.08. The van der Waals surface area contributed by atoms with Crippen LogP contribution in [-0.4, -0.2) is 26.9 Å². The Hall–Kier alpha value is -1.91. The highest BCUT2D eigenvalue weighted by Crippen LogP contribution is 2.28. The van der Waals surface area contributed by atoms with Gasteiger partial charge < -0.3 is 14.2 Å². The van der Waals surface area contributed by atoms with E-state index in [1.807, 2.05) is 6.92 Å². The van der Waals surface area contributed by atoms with Crippen molar-refractivity contribution in [1.29, 1.82) is 0 Å². The highest BCUT2D eigenvalue weighted by molar-refractivity contribution is 5.86. The first-order valence-corrected chi connectivity index (χ1v) is 5.37. The first-order chi connectivity index (χ1) is 8.21. The van der Waals surface area contributed by atoms with Gasteiger partial charge in [-0.3, -0.25) is 5.32 Å². The van der Waals surface area contributed by atoms with Crippen LogP contribution in [0.5, 0.6) is 11.5 Å². The zero-order valence-corrected chi connectivity index (χ0v) is 10.3. The lowest BCUT2D eigenvalue weighted by Gasteiger charge is -2.11. The second-order valence-corrected chi connectivity index (χ2v) is 3.33. The van der Waals surface area contributed by atoms with Crippen LogP contribution in [0.25, 0.3) is 0 Å². The maximum atomic E-state index is 11.4. The standard InChI is InChI=1S/C12H17NO4/c1-4-7-17-12(14)13-10-6-5-9(15-2)8-11(10)16-3/h5-6,8H,4,7H2,1-3H3,(H,13,14). The Kier molecular flexibility index (Phi) is 5.13. The van der Waals surface area contributed by atoms with E-state index in [1.54, 1.807) is 25.3 Å². The number of hydrogen-bond acceptors (Lipinski definition) is 4. The molecule has 0 atom stereocenters. The Morgan fingerprint density at radius 3 is 2.65 bits per heavy atom. The maximum absolute atomic E-state index is 11.4. The Labute approximate surface area is 101 Å². The molecule has 0 aromatic heterocycles. The van der Waals surface area contributed by atoms with Crippen molar-refractivity contribution in [3.63, 3.8) is 0 Å². The minimum atomic E-state index is -0.490. The molecule has 17 heavy (non-hydrogen) atoms. The number of anilines is 1. The van der Waals surface area contributed by atoms with Gasteiger partial charge in [-0.05, 0) is 18.6 Å². The van der Waals surface area contributed by atoms with Gasteiger partial charge in [0.15, 0.2) is 0 Å². The van der Waals surface area contributed by atoms with Crippen LogP contribution in [0.15, 0.2) is 18.2 Å². The van der Waals surface area contributed by atoms with Crippen molar-refractivity contribution in [2.75, 3.05) is 26.1 Å². The Bertz CT molecular complexity index is 379. The second kappa shape index (κ2) is 6.62. The average molecular weight is 239 g/mol. The molecular weight excluding hydrogens is 222 g/mol. The number of hydrogen-bond donors (Lipinski definition) is 1. The van der Waals surface area contributed by atoms with Gasteiger partial charge in [-0.25, -0.2) is 4.79 Å². The maximum Gasteiger partial charge on any atom is 0.411 e. The molecule has 0 aliphatic rings. The Morgan fingerprint density at radius 1 is 1.29 bits per heavy atom. The van der Waals surface area contributed by atoms with Crippen molar-refractivity contribution in [3.8, 4) is 11.5 Å². The second-order valence-electron chi connectivity index (χ2n) is 3.33. The van der Waals surface area contributed by atoms with Crippen LogP contribution in [0.4, 0.5) is 10.5 Å². The van der Waals surface area contributed by atoms with Gasteiger partial charge in [0, 0.05) is 6.07 Å². The van der Waals surface area contributed by atoms with Crippen LogP contribution in [0.1, 0.15) is 13.3 Å². The first kappa shape index (κ1) is 13.2. The number of ether oxygens (including phenoxy) is 3. The number of methoxy groups -OCH3 is 2. The Morgan fingerprint density at radius 2 is 2.06 bits per heavy atom. The molecule has 1 amide bonds. The molecule has 5 heteroatoms. The van der Waals surface area contributed by atoms with Crippen LogP contribution in [0.3, 0.4) is 0 Å². The fourth-order valence-corrected chi connectivity index (χ4v) is 1.24. The zero-order valence-electron chi connectivity index (χ0n) is 10.3. The van der Waals surface area contributed by atoms with Crippen molar-refractivity contribution < 1.29 is 19.0 Å². The third kappa shape index (κ3) is 3.86. The number of benzene rings is 1. The van der Waals surface area contributed by atoms with E-state index in [2.05, 4.69) is 5.32 Å². The number of rotatable bonds is 5. The van der Waals surface area contributed by atoms with Crippen molar-refractivity contribution in [2.24, 2.45) is 0 Å². The number of amides is 1. The zero-order chi connectivity index (χ0) is 12.7. The molecule has 0 saturated heterocycles. The molecule has 0 spiro atoms. The van der Waals surface area contributed by atoms with E-state index in [4.69, 9.17) is 14.2 Å². The monoisotopic (exact) mass is 239 g/mol. The van der Waals surface area contributed by atoms with Crippen molar-refractivity contribution in [2.45, 2.75) is 13.3 Å². The van der Waals surface area contributed by atoms with Crippen LogP contribution in [0.2, 0.25) is 0 Å². The van der Waals surface area contributed by atoms with Crippen LogP contribution >= 0.6 is 0 Å². The largest absolute Gasteiger partial charge is 0.497 e. The molecule has 1 aromatic rings. The molecule has 94 valence electrons. The van der Waals surface area contributed by atoms with Gasteiger partial charge in [-0.1, -0.05) is 6.92 Å². The predicted molar refractivity (Wildman–Crippen MR) is 64.8 cm³/mol. The van der Waals surface area contributed by atoms with E-state index in [9.17, 15) is 4.79 Å². The fraction of sp³-hybridized carbons (Fsp3) is 0.417. The summed E-state index contributed by atoms with van der Waals surface area (Å²) in [6.45, 7) is 2.32. The predicted octanol–water partition coefficient (Wildman–Crippen LogP) is 2.66. The number of carbonyl (C=O) groups is 1. The summed E-state index contributed by atoms with van der Waals surface area (Å²) in [5, 5.41) is 2.61. The summed E-state index contributed by atoms with van der Waals surface area (Å²) in [5.41, 5.74) is 0.550. The normalized spacial score (nSPS) is 9.59. The lowest BCUT2D eigenvalue weighted by atomic mass is 10.3. The highest BCUT2D eigenvalue weighted by atomic mass is 16.5. The van der Waals surface area contributed by atoms with Crippen LogP contribution in [-0.2, 0) is 4.74 Å². The van der Waals surface area contributed by atoms with Crippen molar-refractivity contribution in [1.82, 2.24) is 0 Å². The first-order valence-electron chi connectivity index (χ1n) is 5.37. The third-order valence-electron chi connectivity index (χ3n) is 2.08. The molecule has 0 aliphatic heterocycles. The number of carbonyl (C=O) groups excluding carboxylic acids is 1. The van der Waals surface area contributed by atoms with Gasteiger partial charge in [-0.15, -0.1) is 0 Å². The molecule has 0 bridgehead atoms. The molecule has 5 nitrogen and oxygen atoms in total. The quantitative estimate of drug-likeness (QED) is 0.858. The Balaban J connectivity index is 2.73. The average Bonchev–Trinajstić information content (AvgIpc) is 2.36. The fourth-order valence-electron chi connectivity index (χ4n) is 1.24. The van der Waals surface area contributed by atoms with E-state index in [0.29, 0.717) is 23.8 Å². The molecule has 0 radical (unpaired) electrons. The summed E-state index contributed by atoms with van der Waals surface area (Å²) in [4.78, 5) is 11.4. The van der Waals surface area contributed by atoms with Crippen molar-refractivity contribution in [3.05, 3.63) is 18.2 Å². The molecule has 0 heterocycles. The van der Waals surface area contributed by atoms with Crippen LogP contribution < -0.4 is 14.8 Å². The SMILES string of the molecule is CCCOC(=O)Nc1ccc(OC)cc1OC. The summed E-state index contributed by atoms with van der Waals surface area (Å²) in [7, 11) is 3.09. The van der Waals surface area contributed by atoms with E-state index in [0.717, 1.165) is 6.42 Å². The molecular formula is C12H17NO4. The number of nitrogens with one attached hydrogen (secondary N) is 1. The van der Waals surface area contributed by atoms with E-state index < -0.39 is 6.09 Å². The summed E-state index contributed by atoms with van der Waals surface area (Å²) in [6, 6.07) is 5.12. The molecule has 0 aliphatic carbocycles. The van der Waals surface area contributed by atoms with Gasteiger partial charge in [-0.2, -0.15) is 0 Å². The van der Waals surface area contributed by atoms with Gasteiger partial charge in [0.25, 0.3) is 0 Å². The van der Waals surface area contributed by atoms with Gasteiger partial charge in [0.2, 0.25) is 0 Å². The summed E-state index contributed by atoms with van der Waals surface area (Å²) in [5.74, 6) is 1.19. The molecule has 0 unspecified atom stereocenters. The summed E-state index contributed by atoms with van der Waals surface area (Å²) < 4.78 is 15.1. The molecule has 1 rings (SSSR count). The van der Waals surface area contributed by atoms with Gasteiger partial charge in [0.1, 0.15) is 11.5 Å². The van der Waals surface area contributed by atoms with E-state index in [1.165, 1.54) is 7.11 Å². The smallest absolute Gasteiger partial charge is 0.411 e. The summed E-state index contributed by atoms with van der Waals surface area (Å²) in [6.07, 6.45) is 0.294. The highest BCUT2D eigenvalue weighted by Gasteiger charge is 2.09. The molecule has 1 N–H and O–H groups in total. The summed E-state index contributed by atoms with van der Waals surface area (Å²) >= 11 is 0. The minimum Gasteiger partial charge on any atom is -0.497 e. The lowest BCUT2D eigenvalue weighted by Crippen LogP contribution is -2.14. The minimum absolute atomic E-state index is 0.393.